The second-order valence-electron chi connectivity index (χ2n) is 6.88. The molecular formula is C23H23N3O4. The standard InChI is InChI=1S/C23H23N3O4/c1-15(24-21(27)16(2)25-23(29)19-11-12-30-14-19)18-9-6-10-20(13-18)26-22(28)17-7-4-3-5-8-17/h3-16H,1-2H3,(H,24,27)(H,25,29)(H,26,28). The second-order valence-corrected chi connectivity index (χ2v) is 6.88. The van der Waals surface area contributed by atoms with Crippen molar-refractivity contribution in [1.29, 1.82) is 0 Å². The van der Waals surface area contributed by atoms with E-state index in [1.54, 1.807) is 43.3 Å². The summed E-state index contributed by atoms with van der Waals surface area (Å²) in [4.78, 5) is 36.8. The molecule has 3 aromatic rings. The Bertz CT molecular complexity index is 1020. The lowest BCUT2D eigenvalue weighted by Gasteiger charge is -2.19. The molecule has 0 aliphatic rings. The van der Waals surface area contributed by atoms with Crippen molar-refractivity contribution in [2.75, 3.05) is 5.32 Å². The quantitative estimate of drug-likeness (QED) is 0.560. The van der Waals surface area contributed by atoms with Crippen molar-refractivity contribution in [3.05, 3.63) is 89.9 Å². The van der Waals surface area contributed by atoms with E-state index in [0.717, 1.165) is 5.56 Å². The minimum atomic E-state index is -0.726. The number of nitrogens with one attached hydrogen (secondary N) is 3. The highest BCUT2D eigenvalue weighted by Crippen LogP contribution is 2.18. The summed E-state index contributed by atoms with van der Waals surface area (Å²) in [5.41, 5.74) is 2.36. The highest BCUT2D eigenvalue weighted by atomic mass is 16.3. The number of carbonyl (C=O) groups is 3. The Balaban J connectivity index is 1.59. The van der Waals surface area contributed by atoms with E-state index >= 15 is 0 Å². The van der Waals surface area contributed by atoms with Gasteiger partial charge in [-0.3, -0.25) is 14.4 Å². The van der Waals surface area contributed by atoms with Gasteiger partial charge in [0.15, 0.2) is 0 Å². The SMILES string of the molecule is CC(NC(=O)c1ccoc1)C(=O)NC(C)c1cccc(NC(=O)c2ccccc2)c1. The summed E-state index contributed by atoms with van der Waals surface area (Å²) in [7, 11) is 0. The Morgan fingerprint density at radius 1 is 0.833 bits per heavy atom. The lowest BCUT2D eigenvalue weighted by molar-refractivity contribution is -0.123. The molecule has 0 saturated heterocycles. The first-order valence-corrected chi connectivity index (χ1v) is 9.54. The predicted octanol–water partition coefficient (Wildman–Crippen LogP) is 3.53. The summed E-state index contributed by atoms with van der Waals surface area (Å²) in [6, 6.07) is 16.7. The van der Waals surface area contributed by atoms with Crippen LogP contribution in [0.1, 0.15) is 46.2 Å². The number of furan rings is 1. The Morgan fingerprint density at radius 2 is 1.60 bits per heavy atom. The van der Waals surface area contributed by atoms with E-state index in [1.165, 1.54) is 18.6 Å². The number of rotatable bonds is 7. The zero-order valence-electron chi connectivity index (χ0n) is 16.7. The average Bonchev–Trinajstić information content (AvgIpc) is 3.29. The van der Waals surface area contributed by atoms with Gasteiger partial charge in [0.1, 0.15) is 12.3 Å². The van der Waals surface area contributed by atoms with Gasteiger partial charge < -0.3 is 20.4 Å². The monoisotopic (exact) mass is 405 g/mol. The second kappa shape index (κ2) is 9.56. The first-order chi connectivity index (χ1) is 14.4. The summed E-state index contributed by atoms with van der Waals surface area (Å²) >= 11 is 0. The number of hydrogen-bond acceptors (Lipinski definition) is 4. The molecule has 0 aliphatic heterocycles. The molecule has 3 rings (SSSR count). The van der Waals surface area contributed by atoms with Crippen LogP contribution in [-0.2, 0) is 4.79 Å². The van der Waals surface area contributed by atoms with Crippen molar-refractivity contribution in [3.8, 4) is 0 Å². The number of benzene rings is 2. The molecule has 2 aromatic carbocycles. The van der Waals surface area contributed by atoms with E-state index < -0.39 is 6.04 Å². The van der Waals surface area contributed by atoms with Gasteiger partial charge in [-0.05, 0) is 49.7 Å². The van der Waals surface area contributed by atoms with Gasteiger partial charge in [-0.1, -0.05) is 30.3 Å². The van der Waals surface area contributed by atoms with Crippen molar-refractivity contribution in [3.63, 3.8) is 0 Å². The number of hydrogen-bond donors (Lipinski definition) is 3. The normalized spacial score (nSPS) is 12.5. The molecule has 2 unspecified atom stereocenters. The van der Waals surface area contributed by atoms with Gasteiger partial charge in [-0.2, -0.15) is 0 Å². The molecule has 1 aromatic heterocycles. The van der Waals surface area contributed by atoms with E-state index in [9.17, 15) is 14.4 Å². The van der Waals surface area contributed by atoms with Crippen LogP contribution in [0.2, 0.25) is 0 Å². The van der Waals surface area contributed by atoms with Crippen molar-refractivity contribution in [2.45, 2.75) is 25.9 Å². The summed E-state index contributed by atoms with van der Waals surface area (Å²) < 4.78 is 4.88. The molecule has 3 N–H and O–H groups in total. The molecule has 2 atom stereocenters. The summed E-state index contributed by atoms with van der Waals surface area (Å²) in [5.74, 6) is -0.914. The molecule has 7 nitrogen and oxygen atoms in total. The van der Waals surface area contributed by atoms with Gasteiger partial charge in [0.05, 0.1) is 17.9 Å². The van der Waals surface area contributed by atoms with Crippen molar-refractivity contribution >= 4 is 23.4 Å². The molecule has 0 fully saturated rings. The predicted molar refractivity (Wildman–Crippen MR) is 113 cm³/mol. The van der Waals surface area contributed by atoms with E-state index in [4.69, 9.17) is 4.42 Å². The van der Waals surface area contributed by atoms with Gasteiger partial charge in [-0.25, -0.2) is 0 Å². The van der Waals surface area contributed by atoms with Crippen LogP contribution in [0, 0.1) is 0 Å². The zero-order chi connectivity index (χ0) is 21.5. The third kappa shape index (κ3) is 5.35. The molecule has 0 saturated carbocycles. The number of anilines is 1. The van der Waals surface area contributed by atoms with E-state index in [2.05, 4.69) is 16.0 Å². The highest BCUT2D eigenvalue weighted by Gasteiger charge is 2.19. The van der Waals surface area contributed by atoms with Crippen LogP contribution < -0.4 is 16.0 Å². The third-order valence-corrected chi connectivity index (χ3v) is 4.56. The van der Waals surface area contributed by atoms with E-state index in [0.29, 0.717) is 16.8 Å². The lowest BCUT2D eigenvalue weighted by Crippen LogP contribution is -2.45. The molecule has 154 valence electrons. The maximum atomic E-state index is 12.5. The van der Waals surface area contributed by atoms with Crippen LogP contribution in [0.15, 0.2) is 77.6 Å². The van der Waals surface area contributed by atoms with Crippen LogP contribution >= 0.6 is 0 Å². The molecule has 0 radical (unpaired) electrons. The Labute approximate surface area is 174 Å². The third-order valence-electron chi connectivity index (χ3n) is 4.56. The van der Waals surface area contributed by atoms with Crippen LogP contribution in [-0.4, -0.2) is 23.8 Å². The van der Waals surface area contributed by atoms with E-state index in [-0.39, 0.29) is 23.8 Å². The summed E-state index contributed by atoms with van der Waals surface area (Å²) in [5, 5.41) is 8.35. The van der Waals surface area contributed by atoms with Gasteiger partial charge >= 0.3 is 0 Å². The summed E-state index contributed by atoms with van der Waals surface area (Å²) in [6.45, 7) is 3.44. The minimum absolute atomic E-state index is 0.208. The molecule has 3 amide bonds. The Kier molecular flexibility index (Phi) is 6.64. The van der Waals surface area contributed by atoms with Gasteiger partial charge in [-0.15, -0.1) is 0 Å². The first-order valence-electron chi connectivity index (χ1n) is 9.54. The Hall–Kier alpha value is -3.87. The van der Waals surface area contributed by atoms with Crippen LogP contribution in [0.4, 0.5) is 5.69 Å². The maximum Gasteiger partial charge on any atom is 0.255 e. The maximum absolute atomic E-state index is 12.5. The fraction of sp³-hybridized carbons (Fsp3) is 0.174. The molecule has 0 bridgehead atoms. The lowest BCUT2D eigenvalue weighted by atomic mass is 10.1. The Morgan fingerprint density at radius 3 is 2.30 bits per heavy atom. The fourth-order valence-corrected chi connectivity index (χ4v) is 2.84. The molecular weight excluding hydrogens is 382 g/mol. The van der Waals surface area contributed by atoms with Gasteiger partial charge in [0.2, 0.25) is 5.91 Å². The average molecular weight is 405 g/mol. The van der Waals surface area contributed by atoms with Gasteiger partial charge in [0.25, 0.3) is 11.8 Å². The van der Waals surface area contributed by atoms with Crippen molar-refractivity contribution < 1.29 is 18.8 Å². The van der Waals surface area contributed by atoms with Crippen molar-refractivity contribution in [2.24, 2.45) is 0 Å². The number of amides is 3. The molecule has 7 heteroatoms. The van der Waals surface area contributed by atoms with Crippen LogP contribution in [0.3, 0.4) is 0 Å². The largest absolute Gasteiger partial charge is 0.472 e. The van der Waals surface area contributed by atoms with Crippen molar-refractivity contribution in [1.82, 2.24) is 10.6 Å². The minimum Gasteiger partial charge on any atom is -0.472 e. The molecule has 0 spiro atoms. The molecule has 1 heterocycles. The molecule has 0 aliphatic carbocycles. The zero-order valence-corrected chi connectivity index (χ0v) is 16.7. The first kappa shape index (κ1) is 20.9. The smallest absolute Gasteiger partial charge is 0.255 e. The molecule has 30 heavy (non-hydrogen) atoms. The fourth-order valence-electron chi connectivity index (χ4n) is 2.84. The summed E-state index contributed by atoms with van der Waals surface area (Å²) in [6.07, 6.45) is 2.71. The van der Waals surface area contributed by atoms with E-state index in [1.807, 2.05) is 25.1 Å². The topological polar surface area (TPSA) is 100 Å². The number of carbonyl (C=O) groups excluding carboxylic acids is 3. The highest BCUT2D eigenvalue weighted by molar-refractivity contribution is 6.04. The van der Waals surface area contributed by atoms with Crippen LogP contribution in [0.5, 0.6) is 0 Å². The van der Waals surface area contributed by atoms with Crippen LogP contribution in [0.25, 0.3) is 0 Å². The van der Waals surface area contributed by atoms with Gasteiger partial charge in [0, 0.05) is 11.3 Å².